The van der Waals surface area contributed by atoms with Crippen LogP contribution in [0.1, 0.15) is 55.2 Å². The smallest absolute Gasteiger partial charge is 0.0597 e. The van der Waals surface area contributed by atoms with Crippen molar-refractivity contribution >= 4 is 10.9 Å². The molecular formula is C28H34IrNO2-. The first-order valence-corrected chi connectivity index (χ1v) is 11.7. The average molecular weight is 609 g/mol. The molecule has 4 unspecified atom stereocenters. The molecule has 3 aromatic rings. The second-order valence-electron chi connectivity index (χ2n) is 9.43. The molecule has 4 atom stereocenters. The van der Waals surface area contributed by atoms with Crippen LogP contribution in [-0.2, 0) is 20.1 Å². The molecule has 2 aromatic carbocycles. The van der Waals surface area contributed by atoms with E-state index >= 15 is 0 Å². The summed E-state index contributed by atoms with van der Waals surface area (Å²) >= 11 is 0. The molecule has 3 nitrogen and oxygen atoms in total. The monoisotopic (exact) mass is 609 g/mol. The Kier molecular flexibility index (Phi) is 8.63. The van der Waals surface area contributed by atoms with Crippen molar-refractivity contribution in [2.45, 2.75) is 71.5 Å². The Morgan fingerprint density at radius 2 is 1.62 bits per heavy atom. The molecule has 1 heterocycles. The van der Waals surface area contributed by atoms with Crippen LogP contribution in [0.15, 0.2) is 42.5 Å². The summed E-state index contributed by atoms with van der Waals surface area (Å²) in [6.45, 7) is 6.30. The zero-order chi connectivity index (χ0) is 22.0. The summed E-state index contributed by atoms with van der Waals surface area (Å²) in [4.78, 5) is 4.76. The van der Waals surface area contributed by atoms with Crippen LogP contribution in [0.4, 0.5) is 0 Å². The van der Waals surface area contributed by atoms with Crippen LogP contribution in [-0.4, -0.2) is 27.4 Å². The second-order valence-corrected chi connectivity index (χ2v) is 9.43. The molecule has 0 aliphatic heterocycles. The zero-order valence-electron chi connectivity index (χ0n) is 19.3. The summed E-state index contributed by atoms with van der Waals surface area (Å²) in [5.74, 6) is 0.810. The number of nitrogens with zero attached hydrogens (tertiary/aromatic N) is 1. The van der Waals surface area contributed by atoms with Gasteiger partial charge >= 0.3 is 0 Å². The van der Waals surface area contributed by atoms with Gasteiger partial charge in [-0.25, -0.2) is 0 Å². The van der Waals surface area contributed by atoms with E-state index in [1.165, 1.54) is 29.4 Å². The van der Waals surface area contributed by atoms with Crippen molar-refractivity contribution in [2.24, 2.45) is 11.8 Å². The second kappa shape index (κ2) is 11.0. The van der Waals surface area contributed by atoms with Gasteiger partial charge in [0.2, 0.25) is 0 Å². The minimum atomic E-state index is -0.227. The molecule has 5 rings (SSSR count). The van der Waals surface area contributed by atoms with Gasteiger partial charge in [-0.05, 0) is 55.8 Å². The van der Waals surface area contributed by atoms with Crippen LogP contribution < -0.4 is 0 Å². The maximum atomic E-state index is 9.77. The minimum Gasteiger partial charge on any atom is -0.393 e. The first-order chi connectivity index (χ1) is 14.9. The SMILES string of the molecule is Cc1[c-]c(-c2ccc3c(C)cccc3n2)cc(C)c1.OC1CCCCC2CCC(O)C12.[Ir]. The number of fused-ring (bicyclic) bond motifs is 2. The van der Waals surface area contributed by atoms with E-state index in [0.29, 0.717) is 5.92 Å². The number of rotatable bonds is 1. The van der Waals surface area contributed by atoms with Gasteiger partial charge in [-0.1, -0.05) is 51.0 Å². The number of benzene rings is 2. The topological polar surface area (TPSA) is 53.4 Å². The summed E-state index contributed by atoms with van der Waals surface area (Å²) < 4.78 is 0. The molecule has 0 spiro atoms. The first-order valence-electron chi connectivity index (χ1n) is 11.7. The molecule has 1 aromatic heterocycles. The van der Waals surface area contributed by atoms with Gasteiger partial charge in [-0.15, -0.1) is 34.9 Å². The summed E-state index contributed by atoms with van der Waals surface area (Å²) in [6, 6.07) is 18.1. The van der Waals surface area contributed by atoms with Crippen LogP contribution in [0.5, 0.6) is 0 Å². The fraction of sp³-hybridized carbons (Fsp3) is 0.464. The third-order valence-electron chi connectivity index (χ3n) is 6.96. The fourth-order valence-corrected chi connectivity index (χ4v) is 5.44. The van der Waals surface area contributed by atoms with Crippen molar-refractivity contribution in [2.75, 3.05) is 0 Å². The van der Waals surface area contributed by atoms with E-state index in [2.05, 4.69) is 69.3 Å². The maximum Gasteiger partial charge on any atom is 0.0597 e. The minimum absolute atomic E-state index is 0. The molecule has 0 saturated heterocycles. The largest absolute Gasteiger partial charge is 0.393 e. The predicted molar refractivity (Wildman–Crippen MR) is 127 cm³/mol. The molecule has 2 aliphatic rings. The number of aliphatic hydroxyl groups excluding tert-OH is 2. The molecule has 0 bridgehead atoms. The molecule has 173 valence electrons. The average Bonchev–Trinajstić information content (AvgIpc) is 3.00. The third-order valence-corrected chi connectivity index (χ3v) is 6.96. The molecule has 0 amide bonds. The van der Waals surface area contributed by atoms with E-state index in [1.807, 2.05) is 0 Å². The summed E-state index contributed by atoms with van der Waals surface area (Å²) in [6.07, 6.45) is 6.09. The Labute approximate surface area is 205 Å². The number of aryl methyl sites for hydroxylation is 3. The van der Waals surface area contributed by atoms with Crippen molar-refractivity contribution in [3.05, 3.63) is 65.2 Å². The van der Waals surface area contributed by atoms with Crippen LogP contribution in [0.3, 0.4) is 0 Å². The first kappa shape index (κ1) is 25.0. The van der Waals surface area contributed by atoms with Crippen LogP contribution in [0.2, 0.25) is 0 Å². The van der Waals surface area contributed by atoms with Gasteiger partial charge in [0.15, 0.2) is 0 Å². The standard InChI is InChI=1S/C18H16N.C10H18O2.Ir/c1-12-9-13(2)11-15(10-12)17-8-7-16-14(3)5-4-6-18(16)19-17;11-8-4-2-1-3-7-5-6-9(12)10(7)8;/h4-10H,1-3H3;7-12H,1-6H2;/q-1;;. The molecule has 2 N–H and O–H groups in total. The number of pyridine rings is 1. The molecule has 1 radical (unpaired) electrons. The van der Waals surface area contributed by atoms with Gasteiger partial charge in [-0.2, -0.15) is 0 Å². The van der Waals surface area contributed by atoms with Gasteiger partial charge in [0, 0.05) is 31.4 Å². The number of hydrogen-bond donors (Lipinski definition) is 2. The molecular weight excluding hydrogens is 575 g/mol. The summed E-state index contributed by atoms with van der Waals surface area (Å²) in [7, 11) is 0. The van der Waals surface area contributed by atoms with Crippen molar-refractivity contribution in [1.29, 1.82) is 0 Å². The van der Waals surface area contributed by atoms with E-state index in [-0.39, 0.29) is 38.2 Å². The van der Waals surface area contributed by atoms with Gasteiger partial charge < -0.3 is 10.2 Å². The maximum absolute atomic E-state index is 9.77. The van der Waals surface area contributed by atoms with E-state index in [4.69, 9.17) is 4.98 Å². The molecule has 2 fully saturated rings. The van der Waals surface area contributed by atoms with Crippen molar-refractivity contribution < 1.29 is 30.3 Å². The van der Waals surface area contributed by atoms with Crippen LogP contribution in [0.25, 0.3) is 22.2 Å². The summed E-state index contributed by atoms with van der Waals surface area (Å²) in [5.41, 5.74) is 6.77. The van der Waals surface area contributed by atoms with Crippen molar-refractivity contribution in [3.63, 3.8) is 0 Å². The van der Waals surface area contributed by atoms with Crippen LogP contribution in [0, 0.1) is 38.7 Å². The van der Waals surface area contributed by atoms with E-state index in [9.17, 15) is 10.2 Å². The Morgan fingerprint density at radius 3 is 2.41 bits per heavy atom. The van der Waals surface area contributed by atoms with Crippen molar-refractivity contribution in [1.82, 2.24) is 4.98 Å². The van der Waals surface area contributed by atoms with Gasteiger partial charge in [0.1, 0.15) is 0 Å². The fourth-order valence-electron chi connectivity index (χ4n) is 5.44. The quantitative estimate of drug-likeness (QED) is 0.337. The predicted octanol–water partition coefficient (Wildman–Crippen LogP) is 5.93. The Balaban J connectivity index is 0.000000193. The molecule has 32 heavy (non-hydrogen) atoms. The number of hydrogen-bond acceptors (Lipinski definition) is 3. The van der Waals surface area contributed by atoms with Gasteiger partial charge in [0.25, 0.3) is 0 Å². The van der Waals surface area contributed by atoms with Crippen molar-refractivity contribution in [3.8, 4) is 11.3 Å². The molecule has 2 saturated carbocycles. The number of aromatic nitrogens is 1. The number of aliphatic hydroxyl groups is 2. The zero-order valence-corrected chi connectivity index (χ0v) is 21.7. The normalized spacial score (nSPS) is 24.7. The Morgan fingerprint density at radius 1 is 0.875 bits per heavy atom. The van der Waals surface area contributed by atoms with E-state index in [0.717, 1.165) is 48.0 Å². The Hall–Kier alpha value is -1.58. The Bertz CT molecular complexity index is 1030. The van der Waals surface area contributed by atoms with Crippen LogP contribution >= 0.6 is 0 Å². The van der Waals surface area contributed by atoms with Gasteiger partial charge in [-0.3, -0.25) is 4.98 Å². The summed E-state index contributed by atoms with van der Waals surface area (Å²) in [5, 5.41) is 20.6. The van der Waals surface area contributed by atoms with E-state index < -0.39 is 0 Å². The van der Waals surface area contributed by atoms with Gasteiger partial charge in [0.05, 0.1) is 17.7 Å². The van der Waals surface area contributed by atoms with E-state index in [1.54, 1.807) is 0 Å². The third kappa shape index (κ3) is 5.66. The molecule has 2 aliphatic carbocycles. The molecule has 4 heteroatoms.